The summed E-state index contributed by atoms with van der Waals surface area (Å²) in [6.07, 6.45) is 3.36. The predicted molar refractivity (Wildman–Crippen MR) is 89.6 cm³/mol. The first-order chi connectivity index (χ1) is 11.1. The first kappa shape index (κ1) is 16.0. The average Bonchev–Trinajstić information content (AvgIpc) is 2.99. The number of carbonyl (C=O) groups is 1. The third-order valence-electron chi connectivity index (χ3n) is 4.29. The van der Waals surface area contributed by atoms with Crippen LogP contribution < -0.4 is 0 Å². The van der Waals surface area contributed by atoms with Crippen LogP contribution in [0.3, 0.4) is 0 Å². The zero-order chi connectivity index (χ0) is 16.4. The van der Waals surface area contributed by atoms with E-state index in [2.05, 4.69) is 4.98 Å². The quantitative estimate of drug-likeness (QED) is 0.929. The molecule has 23 heavy (non-hydrogen) atoms. The van der Waals surface area contributed by atoms with Gasteiger partial charge in [0.2, 0.25) is 0 Å². The summed E-state index contributed by atoms with van der Waals surface area (Å²) < 4.78 is 0. The lowest BCUT2D eigenvalue weighted by molar-refractivity contribution is -0.142. The molecule has 120 valence electrons. The molecule has 2 atom stereocenters. The van der Waals surface area contributed by atoms with Crippen molar-refractivity contribution in [1.29, 1.82) is 0 Å². The maximum atomic E-state index is 11.6. The van der Waals surface area contributed by atoms with Crippen molar-refractivity contribution in [2.75, 3.05) is 6.54 Å². The van der Waals surface area contributed by atoms with Gasteiger partial charge in [0.25, 0.3) is 0 Å². The number of aliphatic carboxylic acids is 1. The molecule has 0 radical (unpaired) electrons. The van der Waals surface area contributed by atoms with Gasteiger partial charge < -0.3 is 5.11 Å². The molecule has 1 aromatic carbocycles. The van der Waals surface area contributed by atoms with Crippen molar-refractivity contribution in [2.24, 2.45) is 0 Å². The van der Waals surface area contributed by atoms with Gasteiger partial charge in [-0.1, -0.05) is 29.8 Å². The molecule has 3 rings (SSSR count). The molecule has 1 N–H and O–H groups in total. The highest BCUT2D eigenvalue weighted by molar-refractivity contribution is 6.30. The maximum absolute atomic E-state index is 11.6. The van der Waals surface area contributed by atoms with E-state index in [9.17, 15) is 9.90 Å². The van der Waals surface area contributed by atoms with Crippen LogP contribution in [0.2, 0.25) is 5.02 Å². The average molecular weight is 331 g/mol. The molecule has 1 saturated heterocycles. The van der Waals surface area contributed by atoms with E-state index in [1.165, 1.54) is 0 Å². The van der Waals surface area contributed by atoms with Crippen LogP contribution in [0.1, 0.15) is 35.7 Å². The van der Waals surface area contributed by atoms with E-state index in [1.54, 1.807) is 0 Å². The second-order valence-corrected chi connectivity index (χ2v) is 6.39. The lowest BCUT2D eigenvalue weighted by Gasteiger charge is -2.31. The van der Waals surface area contributed by atoms with Crippen molar-refractivity contribution in [2.45, 2.75) is 31.8 Å². The highest BCUT2D eigenvalue weighted by atomic mass is 35.5. The summed E-state index contributed by atoms with van der Waals surface area (Å²) in [5.74, 6) is -0.776. The molecule has 0 saturated carbocycles. The first-order valence-corrected chi connectivity index (χ1v) is 8.10. The number of rotatable bonds is 4. The molecule has 0 bridgehead atoms. The number of carboxylic acid groups (broad SMARTS) is 1. The molecule has 2 heterocycles. The van der Waals surface area contributed by atoms with E-state index in [4.69, 9.17) is 11.6 Å². The number of halogens is 1. The van der Waals surface area contributed by atoms with Crippen LogP contribution in [0, 0.1) is 6.92 Å². The Labute approximate surface area is 140 Å². The second-order valence-electron chi connectivity index (χ2n) is 5.95. The Bertz CT molecular complexity index is 702. The van der Waals surface area contributed by atoms with Gasteiger partial charge >= 0.3 is 5.97 Å². The van der Waals surface area contributed by atoms with Crippen LogP contribution in [-0.4, -0.2) is 33.5 Å². The van der Waals surface area contributed by atoms with E-state index in [0.29, 0.717) is 11.4 Å². The molecule has 0 spiro atoms. The highest BCUT2D eigenvalue weighted by Gasteiger charge is 2.37. The van der Waals surface area contributed by atoms with Crippen molar-refractivity contribution in [3.05, 3.63) is 64.4 Å². The molecule has 0 aliphatic carbocycles. The molecular weight excluding hydrogens is 312 g/mol. The first-order valence-electron chi connectivity index (χ1n) is 7.73. The minimum absolute atomic E-state index is 0.196. The number of carboxylic acids is 1. The molecule has 2 unspecified atom stereocenters. The molecule has 1 fully saturated rings. The van der Waals surface area contributed by atoms with Crippen LogP contribution in [-0.2, 0) is 4.79 Å². The Balaban J connectivity index is 2.06. The van der Waals surface area contributed by atoms with Crippen molar-refractivity contribution in [3.8, 4) is 0 Å². The van der Waals surface area contributed by atoms with Crippen molar-refractivity contribution in [3.63, 3.8) is 0 Å². The lowest BCUT2D eigenvalue weighted by atomic mass is 10.00. The van der Waals surface area contributed by atoms with Crippen LogP contribution in [0.5, 0.6) is 0 Å². The molecular formula is C18H19ClN2O2. The SMILES string of the molecule is Cc1ccc(C(c2cccc(Cl)c2)N2CCCC2C(=O)O)nc1. The monoisotopic (exact) mass is 330 g/mol. The minimum Gasteiger partial charge on any atom is -0.480 e. The number of pyridine rings is 1. The van der Waals surface area contributed by atoms with Gasteiger partial charge in [-0.05, 0) is 49.1 Å². The van der Waals surface area contributed by atoms with Crippen LogP contribution in [0.15, 0.2) is 42.6 Å². The fourth-order valence-electron chi connectivity index (χ4n) is 3.21. The molecule has 5 heteroatoms. The molecule has 0 amide bonds. The molecule has 1 aromatic heterocycles. The van der Waals surface area contributed by atoms with E-state index in [0.717, 1.165) is 29.8 Å². The minimum atomic E-state index is -0.776. The van der Waals surface area contributed by atoms with Gasteiger partial charge in [-0.3, -0.25) is 14.7 Å². The van der Waals surface area contributed by atoms with E-state index in [-0.39, 0.29) is 6.04 Å². The van der Waals surface area contributed by atoms with Crippen molar-refractivity contribution >= 4 is 17.6 Å². The summed E-state index contributed by atoms with van der Waals surface area (Å²) in [6, 6.07) is 10.9. The number of nitrogens with zero attached hydrogens (tertiary/aromatic N) is 2. The number of aromatic nitrogens is 1. The molecule has 1 aliphatic rings. The number of hydrogen-bond acceptors (Lipinski definition) is 3. The van der Waals surface area contributed by atoms with Crippen molar-refractivity contribution < 1.29 is 9.90 Å². The van der Waals surface area contributed by atoms with E-state index < -0.39 is 12.0 Å². The topological polar surface area (TPSA) is 53.4 Å². The zero-order valence-electron chi connectivity index (χ0n) is 12.9. The maximum Gasteiger partial charge on any atom is 0.320 e. The summed E-state index contributed by atoms with van der Waals surface area (Å²) in [4.78, 5) is 18.2. The summed E-state index contributed by atoms with van der Waals surface area (Å²) in [5.41, 5.74) is 2.91. The standard InChI is InChI=1S/C18H19ClN2O2/c1-12-7-8-15(20-11-12)17(13-4-2-5-14(19)10-13)21-9-3-6-16(21)18(22)23/h2,4-5,7-8,10-11,16-17H,3,6,9H2,1H3,(H,22,23). The summed E-state index contributed by atoms with van der Waals surface area (Å²) in [7, 11) is 0. The summed E-state index contributed by atoms with van der Waals surface area (Å²) in [5, 5.41) is 10.2. The van der Waals surface area contributed by atoms with Gasteiger partial charge in [0.1, 0.15) is 6.04 Å². The Hall–Kier alpha value is -1.91. The van der Waals surface area contributed by atoms with Gasteiger partial charge in [-0.15, -0.1) is 0 Å². The second kappa shape index (κ2) is 6.69. The Kier molecular flexibility index (Phi) is 4.64. The lowest BCUT2D eigenvalue weighted by Crippen LogP contribution is -2.39. The molecule has 2 aromatic rings. The third-order valence-corrected chi connectivity index (χ3v) is 4.52. The van der Waals surface area contributed by atoms with Crippen LogP contribution in [0.25, 0.3) is 0 Å². The van der Waals surface area contributed by atoms with Gasteiger partial charge in [-0.2, -0.15) is 0 Å². The molecule has 4 nitrogen and oxygen atoms in total. The van der Waals surface area contributed by atoms with E-state index >= 15 is 0 Å². The third kappa shape index (κ3) is 3.38. The number of hydrogen-bond donors (Lipinski definition) is 1. The fourth-order valence-corrected chi connectivity index (χ4v) is 3.41. The molecule has 1 aliphatic heterocycles. The van der Waals surface area contributed by atoms with Gasteiger partial charge in [0, 0.05) is 17.8 Å². The predicted octanol–water partition coefficient (Wildman–Crippen LogP) is 3.68. The summed E-state index contributed by atoms with van der Waals surface area (Å²) >= 11 is 6.15. The fraction of sp³-hybridized carbons (Fsp3) is 0.333. The van der Waals surface area contributed by atoms with E-state index in [1.807, 2.05) is 54.4 Å². The van der Waals surface area contributed by atoms with Crippen molar-refractivity contribution in [1.82, 2.24) is 9.88 Å². The normalized spacial score (nSPS) is 19.7. The Morgan fingerprint density at radius 1 is 1.39 bits per heavy atom. The van der Waals surface area contributed by atoms with Gasteiger partial charge in [0.15, 0.2) is 0 Å². The largest absolute Gasteiger partial charge is 0.480 e. The smallest absolute Gasteiger partial charge is 0.320 e. The highest BCUT2D eigenvalue weighted by Crippen LogP contribution is 2.34. The zero-order valence-corrected chi connectivity index (χ0v) is 13.7. The Morgan fingerprint density at radius 2 is 2.22 bits per heavy atom. The van der Waals surface area contributed by atoms with Crippen LogP contribution >= 0.6 is 11.6 Å². The van der Waals surface area contributed by atoms with Gasteiger partial charge in [-0.25, -0.2) is 0 Å². The van der Waals surface area contributed by atoms with Crippen LogP contribution in [0.4, 0.5) is 0 Å². The van der Waals surface area contributed by atoms with Gasteiger partial charge in [0.05, 0.1) is 11.7 Å². The summed E-state index contributed by atoms with van der Waals surface area (Å²) in [6.45, 7) is 2.73. The number of likely N-dealkylation sites (tertiary alicyclic amines) is 1. The number of aryl methyl sites for hydroxylation is 1. The number of benzene rings is 1. The Morgan fingerprint density at radius 3 is 2.87 bits per heavy atom.